The van der Waals surface area contributed by atoms with Gasteiger partial charge in [0, 0.05) is 11.8 Å². The highest BCUT2D eigenvalue weighted by atomic mass is 16.1. The second kappa shape index (κ2) is 6.93. The monoisotopic (exact) mass is 355 g/mol. The van der Waals surface area contributed by atoms with Crippen molar-refractivity contribution in [2.45, 2.75) is 78.1 Å². The highest BCUT2D eigenvalue weighted by Crippen LogP contribution is 2.64. The van der Waals surface area contributed by atoms with Gasteiger partial charge in [-0.05, 0) is 93.4 Å². The molecule has 2 nitrogen and oxygen atoms in total. The summed E-state index contributed by atoms with van der Waals surface area (Å²) in [5.74, 6) is 3.47. The first-order valence-electron chi connectivity index (χ1n) is 11.1. The average molecular weight is 356 g/mol. The Morgan fingerprint density at radius 3 is 2.65 bits per heavy atom. The molecule has 4 aliphatic rings. The van der Waals surface area contributed by atoms with Crippen molar-refractivity contribution in [3.8, 4) is 0 Å². The van der Waals surface area contributed by atoms with Crippen LogP contribution in [-0.4, -0.2) is 12.3 Å². The Kier molecular flexibility index (Phi) is 4.92. The minimum Gasteiger partial charge on any atom is -0.330 e. The van der Waals surface area contributed by atoms with Crippen LogP contribution in [0.2, 0.25) is 0 Å². The van der Waals surface area contributed by atoms with Gasteiger partial charge in [0.25, 0.3) is 0 Å². The van der Waals surface area contributed by atoms with Crippen LogP contribution in [-0.2, 0) is 4.79 Å². The summed E-state index contributed by atoms with van der Waals surface area (Å²) in [5, 5.41) is 0. The molecular weight excluding hydrogens is 318 g/mol. The zero-order valence-electron chi connectivity index (χ0n) is 16.8. The summed E-state index contributed by atoms with van der Waals surface area (Å²) in [5.41, 5.74) is 7.76. The van der Waals surface area contributed by atoms with Crippen molar-refractivity contribution >= 4 is 5.78 Å². The molecule has 0 amide bonds. The van der Waals surface area contributed by atoms with Crippen LogP contribution in [0.5, 0.6) is 0 Å². The summed E-state index contributed by atoms with van der Waals surface area (Å²) in [7, 11) is 0. The van der Waals surface area contributed by atoms with Gasteiger partial charge in [0.2, 0.25) is 0 Å². The summed E-state index contributed by atoms with van der Waals surface area (Å²) in [4.78, 5) is 12.5. The fourth-order valence-electron chi connectivity index (χ4n) is 7.18. The molecule has 26 heavy (non-hydrogen) atoms. The van der Waals surface area contributed by atoms with Gasteiger partial charge in [-0.15, -0.1) is 0 Å². The molecule has 0 aromatic heterocycles. The van der Waals surface area contributed by atoms with Gasteiger partial charge in [-0.1, -0.05) is 37.6 Å². The van der Waals surface area contributed by atoms with E-state index in [9.17, 15) is 4.79 Å². The van der Waals surface area contributed by atoms with Gasteiger partial charge in [-0.2, -0.15) is 0 Å². The molecule has 3 unspecified atom stereocenters. The number of allylic oxidation sites excluding steroid dienone is 4. The van der Waals surface area contributed by atoms with Gasteiger partial charge in [-0.25, -0.2) is 0 Å². The molecule has 3 fully saturated rings. The summed E-state index contributed by atoms with van der Waals surface area (Å²) in [6.07, 6.45) is 19.3. The molecule has 2 N–H and O–H groups in total. The highest BCUT2D eigenvalue weighted by molar-refractivity contribution is 5.87. The Balaban J connectivity index is 1.52. The van der Waals surface area contributed by atoms with Crippen LogP contribution >= 0.6 is 0 Å². The second-order valence-corrected chi connectivity index (χ2v) is 10.0. The van der Waals surface area contributed by atoms with E-state index < -0.39 is 0 Å². The average Bonchev–Trinajstić information content (AvgIpc) is 2.94. The van der Waals surface area contributed by atoms with Crippen LogP contribution in [0.15, 0.2) is 23.8 Å². The number of fused-ring (bicyclic) bond motifs is 5. The second-order valence-electron chi connectivity index (χ2n) is 10.0. The number of hydrogen-bond donors (Lipinski definition) is 1. The first-order valence-corrected chi connectivity index (χ1v) is 11.1. The quantitative estimate of drug-likeness (QED) is 0.540. The molecule has 6 atom stereocenters. The number of ketones is 1. The number of unbranched alkanes of at least 4 members (excludes halogenated alkanes) is 1. The summed E-state index contributed by atoms with van der Waals surface area (Å²) >= 11 is 0. The lowest BCUT2D eigenvalue weighted by atomic mass is 9.47. The lowest BCUT2D eigenvalue weighted by Crippen LogP contribution is -2.50. The van der Waals surface area contributed by atoms with Crippen molar-refractivity contribution in [3.63, 3.8) is 0 Å². The van der Waals surface area contributed by atoms with Crippen LogP contribution in [0, 0.1) is 34.5 Å². The Morgan fingerprint density at radius 2 is 1.85 bits per heavy atom. The van der Waals surface area contributed by atoms with E-state index >= 15 is 0 Å². The third-order valence-electron chi connectivity index (χ3n) is 8.82. The number of rotatable bonds is 4. The Hall–Kier alpha value is -0.890. The molecule has 0 aliphatic heterocycles. The first-order chi connectivity index (χ1) is 12.5. The van der Waals surface area contributed by atoms with E-state index in [1.54, 1.807) is 5.57 Å². The Bertz CT molecular complexity index is 620. The summed E-state index contributed by atoms with van der Waals surface area (Å²) in [6.45, 7) is 5.64. The summed E-state index contributed by atoms with van der Waals surface area (Å²) in [6, 6.07) is 0. The predicted molar refractivity (Wildman–Crippen MR) is 108 cm³/mol. The first kappa shape index (κ1) is 18.5. The van der Waals surface area contributed by atoms with Gasteiger partial charge < -0.3 is 5.73 Å². The Labute approximate surface area is 159 Å². The lowest BCUT2D eigenvalue weighted by Gasteiger charge is -2.57. The van der Waals surface area contributed by atoms with Crippen LogP contribution in [0.25, 0.3) is 0 Å². The van der Waals surface area contributed by atoms with E-state index in [4.69, 9.17) is 5.73 Å². The molecule has 4 rings (SSSR count). The molecule has 144 valence electrons. The van der Waals surface area contributed by atoms with Crippen LogP contribution in [0.4, 0.5) is 0 Å². The van der Waals surface area contributed by atoms with Crippen molar-refractivity contribution in [3.05, 3.63) is 23.8 Å². The third-order valence-corrected chi connectivity index (χ3v) is 8.82. The molecule has 0 heterocycles. The minimum atomic E-state index is 0.0156. The van der Waals surface area contributed by atoms with Gasteiger partial charge in [-0.3, -0.25) is 4.79 Å². The van der Waals surface area contributed by atoms with Gasteiger partial charge in [0.1, 0.15) is 5.78 Å². The molecule has 0 spiro atoms. The van der Waals surface area contributed by atoms with Gasteiger partial charge in [0.05, 0.1) is 0 Å². The van der Waals surface area contributed by atoms with Crippen LogP contribution in [0.1, 0.15) is 78.1 Å². The molecule has 2 heteroatoms. The fraction of sp³-hybridized carbons (Fsp3) is 0.792. The maximum atomic E-state index is 12.5. The maximum Gasteiger partial charge on any atom is 0.139 e. The fourth-order valence-corrected chi connectivity index (χ4v) is 7.18. The van der Waals surface area contributed by atoms with Crippen LogP contribution in [0.3, 0.4) is 0 Å². The summed E-state index contributed by atoms with van der Waals surface area (Å²) < 4.78 is 0. The molecule has 0 bridgehead atoms. The van der Waals surface area contributed by atoms with Gasteiger partial charge >= 0.3 is 0 Å². The molecule has 3 saturated carbocycles. The zero-order valence-corrected chi connectivity index (χ0v) is 16.8. The zero-order chi connectivity index (χ0) is 18.4. The van der Waals surface area contributed by atoms with E-state index in [2.05, 4.69) is 32.1 Å². The lowest BCUT2D eigenvalue weighted by molar-refractivity contribution is -0.132. The van der Waals surface area contributed by atoms with Gasteiger partial charge in [0.15, 0.2) is 0 Å². The van der Waals surface area contributed by atoms with Crippen molar-refractivity contribution in [2.75, 3.05) is 6.54 Å². The number of carbonyl (C=O) groups is 1. The smallest absolute Gasteiger partial charge is 0.139 e. The van der Waals surface area contributed by atoms with E-state index in [-0.39, 0.29) is 5.41 Å². The minimum absolute atomic E-state index is 0.0156. The number of carbonyl (C=O) groups excluding carboxylic acids is 1. The molecule has 0 radical (unpaired) electrons. The highest BCUT2D eigenvalue weighted by Gasteiger charge is 2.58. The molecule has 0 aromatic rings. The number of Topliss-reactive ketones (excluding diaryl/α,β-unsaturated/α-hetero) is 1. The van der Waals surface area contributed by atoms with Crippen molar-refractivity contribution in [1.82, 2.24) is 0 Å². The standard InChI is InChI=1S/C24H37NO/c1-23-13-11-17(6-4-3-5-15-25)16-18(23)7-8-19-20-9-10-22(26)24(20,2)14-12-21(19)23/h4,6,16-17,19-21H,3,5,7-15,25H2,1-2H3/b6-4+/t17-,19?,20?,21?,23+,24+/m1/s1. The molecule has 0 aromatic carbocycles. The number of hydrogen-bond acceptors (Lipinski definition) is 2. The predicted octanol–water partition coefficient (Wildman–Crippen LogP) is 5.43. The van der Waals surface area contributed by atoms with Crippen molar-refractivity contribution < 1.29 is 4.79 Å². The SMILES string of the molecule is C[C@]12CC[C@@H](/C=C/CCCN)C=C1CCC1C2CC[C@]2(C)C(=O)CCC12. The van der Waals surface area contributed by atoms with Crippen molar-refractivity contribution in [2.24, 2.45) is 40.2 Å². The van der Waals surface area contributed by atoms with E-state index in [1.807, 2.05) is 0 Å². The molecular formula is C24H37NO. The van der Waals surface area contributed by atoms with E-state index in [1.165, 1.54) is 32.1 Å². The maximum absolute atomic E-state index is 12.5. The Morgan fingerprint density at radius 1 is 1.08 bits per heavy atom. The van der Waals surface area contributed by atoms with E-state index in [0.29, 0.717) is 23.0 Å². The van der Waals surface area contributed by atoms with E-state index in [0.717, 1.165) is 50.5 Å². The largest absolute Gasteiger partial charge is 0.330 e. The molecule has 4 aliphatic carbocycles. The van der Waals surface area contributed by atoms with Crippen molar-refractivity contribution in [1.29, 1.82) is 0 Å². The number of nitrogens with two attached hydrogens (primary N) is 1. The third kappa shape index (κ3) is 2.84. The topological polar surface area (TPSA) is 43.1 Å². The molecule has 0 saturated heterocycles. The normalized spacial score (nSPS) is 45.2. The van der Waals surface area contributed by atoms with Crippen LogP contribution < -0.4 is 5.73 Å².